The highest BCUT2D eigenvalue weighted by molar-refractivity contribution is 7.89. The predicted molar refractivity (Wildman–Crippen MR) is 107 cm³/mol. The SMILES string of the molecule is CCOC(=O)c1ccc(S(=O)(=O)N2CC[NH+](CC(=O)N[C@@H](C)C3CC3)CC2)cc1. The molecule has 2 N–H and O–H groups in total. The van der Waals surface area contributed by atoms with Crippen LogP contribution in [0.1, 0.15) is 37.0 Å². The first-order chi connectivity index (χ1) is 13.8. The number of carbonyl (C=O) groups is 2. The maximum absolute atomic E-state index is 12.9. The largest absolute Gasteiger partial charge is 0.462 e. The number of nitrogens with one attached hydrogen (secondary N) is 2. The summed E-state index contributed by atoms with van der Waals surface area (Å²) in [5.41, 5.74) is 0.325. The van der Waals surface area contributed by atoms with E-state index in [1.165, 1.54) is 41.4 Å². The zero-order valence-corrected chi connectivity index (χ0v) is 17.8. The number of benzene rings is 1. The lowest BCUT2D eigenvalue weighted by Gasteiger charge is -2.31. The Morgan fingerprint density at radius 1 is 1.21 bits per heavy atom. The topological polar surface area (TPSA) is 97.2 Å². The van der Waals surface area contributed by atoms with E-state index in [1.54, 1.807) is 6.92 Å². The van der Waals surface area contributed by atoms with Gasteiger partial charge in [-0.15, -0.1) is 0 Å². The fourth-order valence-corrected chi connectivity index (χ4v) is 5.03. The minimum Gasteiger partial charge on any atom is -0.462 e. The Labute approximate surface area is 172 Å². The number of nitrogens with zero attached hydrogens (tertiary/aromatic N) is 1. The Hall–Kier alpha value is -1.97. The van der Waals surface area contributed by atoms with E-state index in [2.05, 4.69) is 5.32 Å². The lowest BCUT2D eigenvalue weighted by Crippen LogP contribution is -3.15. The lowest BCUT2D eigenvalue weighted by atomic mass is 10.2. The van der Waals surface area contributed by atoms with Crippen molar-refractivity contribution in [2.45, 2.75) is 37.6 Å². The number of carbonyl (C=O) groups excluding carboxylic acids is 2. The lowest BCUT2D eigenvalue weighted by molar-refractivity contribution is -0.895. The molecule has 8 nitrogen and oxygen atoms in total. The molecule has 0 radical (unpaired) electrons. The van der Waals surface area contributed by atoms with E-state index in [0.717, 1.165) is 4.90 Å². The second-order valence-corrected chi connectivity index (χ2v) is 9.71. The number of ether oxygens (including phenoxy) is 1. The van der Waals surface area contributed by atoms with Gasteiger partial charge in [0.2, 0.25) is 10.0 Å². The molecule has 1 aromatic carbocycles. The smallest absolute Gasteiger partial charge is 0.338 e. The van der Waals surface area contributed by atoms with Crippen molar-refractivity contribution in [2.24, 2.45) is 5.92 Å². The van der Waals surface area contributed by atoms with Crippen LogP contribution < -0.4 is 10.2 Å². The number of hydrogen-bond acceptors (Lipinski definition) is 5. The van der Waals surface area contributed by atoms with Gasteiger partial charge in [0.25, 0.3) is 5.91 Å². The molecule has 1 saturated carbocycles. The van der Waals surface area contributed by atoms with Crippen LogP contribution >= 0.6 is 0 Å². The van der Waals surface area contributed by atoms with E-state index in [-0.39, 0.29) is 23.5 Å². The molecular weight excluding hydrogens is 394 g/mol. The number of piperazine rings is 1. The Kier molecular flexibility index (Phi) is 6.92. The summed E-state index contributed by atoms with van der Waals surface area (Å²) in [5.74, 6) is 0.180. The number of rotatable bonds is 8. The maximum atomic E-state index is 12.9. The monoisotopic (exact) mass is 424 g/mol. The molecule has 3 rings (SSSR count). The third kappa shape index (κ3) is 5.55. The quantitative estimate of drug-likeness (QED) is 0.557. The highest BCUT2D eigenvalue weighted by atomic mass is 32.2. The van der Waals surface area contributed by atoms with Crippen molar-refractivity contribution in [3.05, 3.63) is 29.8 Å². The van der Waals surface area contributed by atoms with Gasteiger partial charge >= 0.3 is 5.97 Å². The Morgan fingerprint density at radius 3 is 2.38 bits per heavy atom. The van der Waals surface area contributed by atoms with E-state index in [4.69, 9.17) is 4.74 Å². The average molecular weight is 425 g/mol. The Bertz CT molecular complexity index is 828. The second kappa shape index (κ2) is 9.23. The maximum Gasteiger partial charge on any atom is 0.338 e. The molecule has 2 fully saturated rings. The molecule has 1 heterocycles. The number of quaternary nitrogens is 1. The molecule has 2 aliphatic rings. The number of esters is 1. The summed E-state index contributed by atoms with van der Waals surface area (Å²) in [6.45, 7) is 6.31. The van der Waals surface area contributed by atoms with Gasteiger partial charge in [-0.05, 0) is 56.9 Å². The Balaban J connectivity index is 1.52. The fourth-order valence-electron chi connectivity index (χ4n) is 3.59. The van der Waals surface area contributed by atoms with E-state index >= 15 is 0 Å². The van der Waals surface area contributed by atoms with Crippen molar-refractivity contribution >= 4 is 21.9 Å². The van der Waals surface area contributed by atoms with E-state index < -0.39 is 16.0 Å². The molecule has 1 aromatic rings. The summed E-state index contributed by atoms with van der Waals surface area (Å²) in [7, 11) is -3.62. The van der Waals surface area contributed by atoms with Crippen LogP contribution in [0, 0.1) is 5.92 Å². The van der Waals surface area contributed by atoms with Gasteiger partial charge in [-0.25, -0.2) is 13.2 Å². The van der Waals surface area contributed by atoms with Gasteiger partial charge in [-0.2, -0.15) is 4.31 Å². The van der Waals surface area contributed by atoms with Crippen molar-refractivity contribution in [3.8, 4) is 0 Å². The Morgan fingerprint density at radius 2 is 1.83 bits per heavy atom. The molecule has 29 heavy (non-hydrogen) atoms. The molecule has 0 unspecified atom stereocenters. The molecule has 0 spiro atoms. The van der Waals surface area contributed by atoms with Crippen LogP contribution in [0.2, 0.25) is 0 Å². The average Bonchev–Trinajstić information content (AvgIpc) is 3.54. The normalized spacial score (nSPS) is 19.5. The van der Waals surface area contributed by atoms with Gasteiger partial charge in [0, 0.05) is 6.04 Å². The summed E-state index contributed by atoms with van der Waals surface area (Å²) in [6.07, 6.45) is 2.37. The molecule has 1 atom stereocenters. The van der Waals surface area contributed by atoms with Crippen molar-refractivity contribution in [1.29, 1.82) is 0 Å². The highest BCUT2D eigenvalue weighted by Crippen LogP contribution is 2.32. The van der Waals surface area contributed by atoms with E-state index in [0.29, 0.717) is 44.2 Å². The zero-order chi connectivity index (χ0) is 21.0. The number of hydrogen-bond donors (Lipinski definition) is 2. The second-order valence-electron chi connectivity index (χ2n) is 7.77. The molecular formula is C20H30N3O5S+. The summed E-state index contributed by atoms with van der Waals surface area (Å²) in [6, 6.07) is 6.04. The predicted octanol–water partition coefficient (Wildman–Crippen LogP) is -0.333. The molecule has 1 saturated heterocycles. The first-order valence-corrected chi connectivity index (χ1v) is 11.7. The van der Waals surface area contributed by atoms with Gasteiger partial charge in [0.15, 0.2) is 6.54 Å². The third-order valence-electron chi connectivity index (χ3n) is 5.56. The van der Waals surface area contributed by atoms with Crippen molar-refractivity contribution in [3.63, 3.8) is 0 Å². The number of sulfonamides is 1. The van der Waals surface area contributed by atoms with Crippen molar-refractivity contribution in [1.82, 2.24) is 9.62 Å². The molecule has 0 bridgehead atoms. The standard InChI is InChI=1S/C20H29N3O5S/c1-3-28-20(25)17-6-8-18(9-7-17)29(26,27)23-12-10-22(11-13-23)14-19(24)21-15(2)16-4-5-16/h6-9,15-16H,3-5,10-14H2,1-2H3,(H,21,24)/p+1/t15-/m0/s1. The molecule has 1 aliphatic heterocycles. The number of amides is 1. The highest BCUT2D eigenvalue weighted by Gasteiger charge is 2.33. The van der Waals surface area contributed by atoms with Crippen LogP contribution in [0.25, 0.3) is 0 Å². The molecule has 1 aliphatic carbocycles. The first kappa shape index (κ1) is 21.7. The first-order valence-electron chi connectivity index (χ1n) is 10.2. The van der Waals surface area contributed by atoms with Crippen LogP contribution in [-0.2, 0) is 19.6 Å². The summed E-state index contributed by atoms with van der Waals surface area (Å²) in [4.78, 5) is 25.2. The summed E-state index contributed by atoms with van der Waals surface area (Å²) >= 11 is 0. The van der Waals surface area contributed by atoms with Gasteiger partial charge in [-0.3, -0.25) is 4.79 Å². The van der Waals surface area contributed by atoms with Crippen molar-refractivity contribution in [2.75, 3.05) is 39.3 Å². The van der Waals surface area contributed by atoms with Crippen LogP contribution in [0.3, 0.4) is 0 Å². The van der Waals surface area contributed by atoms with Gasteiger partial charge < -0.3 is 15.0 Å². The molecule has 1 amide bonds. The van der Waals surface area contributed by atoms with Crippen LogP contribution in [-0.4, -0.2) is 70.0 Å². The fraction of sp³-hybridized carbons (Fsp3) is 0.600. The van der Waals surface area contributed by atoms with Gasteiger partial charge in [-0.1, -0.05) is 0 Å². The van der Waals surface area contributed by atoms with Gasteiger partial charge in [0.05, 0.1) is 43.2 Å². The van der Waals surface area contributed by atoms with E-state index in [1.807, 2.05) is 6.92 Å². The van der Waals surface area contributed by atoms with Crippen LogP contribution in [0.15, 0.2) is 29.2 Å². The zero-order valence-electron chi connectivity index (χ0n) is 17.0. The summed E-state index contributed by atoms with van der Waals surface area (Å²) in [5, 5.41) is 3.05. The molecule has 160 valence electrons. The van der Waals surface area contributed by atoms with Gasteiger partial charge in [0.1, 0.15) is 0 Å². The van der Waals surface area contributed by atoms with Crippen LogP contribution in [0.4, 0.5) is 0 Å². The van der Waals surface area contributed by atoms with Crippen molar-refractivity contribution < 1.29 is 27.6 Å². The molecule has 9 heteroatoms. The van der Waals surface area contributed by atoms with E-state index in [9.17, 15) is 18.0 Å². The summed E-state index contributed by atoms with van der Waals surface area (Å²) < 4.78 is 32.1. The molecule has 0 aromatic heterocycles. The minimum atomic E-state index is -3.62. The minimum absolute atomic E-state index is 0.0326. The van der Waals surface area contributed by atoms with Crippen LogP contribution in [0.5, 0.6) is 0 Å². The third-order valence-corrected chi connectivity index (χ3v) is 7.47.